The van der Waals surface area contributed by atoms with Crippen LogP contribution in [0.4, 0.5) is 0 Å². The predicted molar refractivity (Wildman–Crippen MR) is 72.9 cm³/mol. The van der Waals surface area contributed by atoms with Crippen molar-refractivity contribution in [3.8, 4) is 12.3 Å². The number of hydrogen-bond acceptors (Lipinski definition) is 1. The van der Waals surface area contributed by atoms with Crippen LogP contribution in [-0.4, -0.2) is 13.9 Å². The summed E-state index contributed by atoms with van der Waals surface area (Å²) in [5.41, 5.74) is -0.0746. The first-order valence-corrected chi connectivity index (χ1v) is 9.89. The van der Waals surface area contributed by atoms with Crippen LogP contribution in [0, 0.1) is 18.3 Å². The molecular formula is C14H26OSi. The quantitative estimate of drug-likeness (QED) is 0.498. The lowest BCUT2D eigenvalue weighted by Crippen LogP contribution is -2.40. The Labute approximate surface area is 102 Å². The smallest absolute Gasteiger partial charge is 0.184 e. The molecule has 1 nitrogen and oxygen atoms in total. The normalized spacial score (nSPS) is 20.9. The van der Waals surface area contributed by atoms with Crippen LogP contribution in [0.2, 0.25) is 19.6 Å². The SMILES string of the molecule is C#CC[C@@](C)(CCC1CCC1)O[Si](C)(C)C. The summed E-state index contributed by atoms with van der Waals surface area (Å²) < 4.78 is 6.28. The van der Waals surface area contributed by atoms with Gasteiger partial charge >= 0.3 is 0 Å². The van der Waals surface area contributed by atoms with E-state index in [4.69, 9.17) is 10.8 Å². The molecule has 0 spiro atoms. The van der Waals surface area contributed by atoms with Crippen molar-refractivity contribution in [3.05, 3.63) is 0 Å². The Morgan fingerprint density at radius 1 is 1.38 bits per heavy atom. The van der Waals surface area contributed by atoms with Gasteiger partial charge in [-0.2, -0.15) is 0 Å². The highest BCUT2D eigenvalue weighted by Crippen LogP contribution is 2.35. The fraction of sp³-hybridized carbons (Fsp3) is 0.857. The van der Waals surface area contributed by atoms with Crippen molar-refractivity contribution >= 4 is 8.32 Å². The van der Waals surface area contributed by atoms with E-state index in [2.05, 4.69) is 32.5 Å². The van der Waals surface area contributed by atoms with Crippen molar-refractivity contribution in [2.24, 2.45) is 5.92 Å². The van der Waals surface area contributed by atoms with Gasteiger partial charge in [0.15, 0.2) is 8.32 Å². The van der Waals surface area contributed by atoms with Gasteiger partial charge in [-0.15, -0.1) is 12.3 Å². The monoisotopic (exact) mass is 238 g/mol. The van der Waals surface area contributed by atoms with Crippen LogP contribution in [0.3, 0.4) is 0 Å². The lowest BCUT2D eigenvalue weighted by molar-refractivity contribution is 0.0632. The molecule has 0 saturated heterocycles. The standard InChI is InChI=1S/C14H26OSi/c1-6-11-14(2,15-16(3,4)5)12-10-13-8-7-9-13/h1,13H,7-12H2,2-5H3/t14-/m0/s1. The zero-order chi connectivity index (χ0) is 12.2. The van der Waals surface area contributed by atoms with Crippen LogP contribution in [0.5, 0.6) is 0 Å². The fourth-order valence-corrected chi connectivity index (χ4v) is 4.07. The number of terminal acetylenes is 1. The van der Waals surface area contributed by atoms with Crippen molar-refractivity contribution in [1.82, 2.24) is 0 Å². The van der Waals surface area contributed by atoms with Gasteiger partial charge in [0, 0.05) is 6.42 Å². The number of hydrogen-bond donors (Lipinski definition) is 0. The largest absolute Gasteiger partial charge is 0.411 e. The highest BCUT2D eigenvalue weighted by atomic mass is 28.4. The molecular weight excluding hydrogens is 212 g/mol. The van der Waals surface area contributed by atoms with Gasteiger partial charge in [0.05, 0.1) is 5.60 Å². The zero-order valence-corrected chi connectivity index (χ0v) is 12.3. The third-order valence-electron chi connectivity index (χ3n) is 3.33. The minimum atomic E-state index is -1.49. The van der Waals surface area contributed by atoms with Crippen LogP contribution in [-0.2, 0) is 4.43 Å². The number of rotatable bonds is 6. The minimum absolute atomic E-state index is 0.0746. The van der Waals surface area contributed by atoms with Gasteiger partial charge in [0.25, 0.3) is 0 Å². The summed E-state index contributed by atoms with van der Waals surface area (Å²) in [6, 6.07) is 0. The molecule has 1 atom stereocenters. The summed E-state index contributed by atoms with van der Waals surface area (Å²) in [5, 5.41) is 0. The molecule has 0 unspecified atom stereocenters. The van der Waals surface area contributed by atoms with Crippen molar-refractivity contribution in [2.45, 2.75) is 70.7 Å². The van der Waals surface area contributed by atoms with Gasteiger partial charge in [-0.25, -0.2) is 0 Å². The molecule has 0 heterocycles. The molecule has 1 aliphatic carbocycles. The summed E-state index contributed by atoms with van der Waals surface area (Å²) in [5.74, 6) is 3.73. The summed E-state index contributed by atoms with van der Waals surface area (Å²) in [7, 11) is -1.49. The lowest BCUT2D eigenvalue weighted by atomic mass is 9.79. The Kier molecular flexibility index (Phi) is 4.64. The van der Waals surface area contributed by atoms with E-state index in [1.807, 2.05) is 0 Å². The van der Waals surface area contributed by atoms with Gasteiger partial charge in [-0.05, 0) is 45.3 Å². The molecule has 1 rings (SSSR count). The second-order valence-electron chi connectivity index (χ2n) is 6.38. The maximum absolute atomic E-state index is 6.28. The van der Waals surface area contributed by atoms with Crippen LogP contribution in [0.15, 0.2) is 0 Å². The van der Waals surface area contributed by atoms with Crippen LogP contribution < -0.4 is 0 Å². The molecule has 0 aromatic rings. The first-order chi connectivity index (χ1) is 7.35. The van der Waals surface area contributed by atoms with Gasteiger partial charge in [-0.3, -0.25) is 0 Å². The van der Waals surface area contributed by atoms with Crippen molar-refractivity contribution < 1.29 is 4.43 Å². The first-order valence-electron chi connectivity index (χ1n) is 6.48. The first kappa shape index (κ1) is 13.8. The third-order valence-corrected chi connectivity index (χ3v) is 4.44. The van der Waals surface area contributed by atoms with E-state index in [1.54, 1.807) is 0 Å². The lowest BCUT2D eigenvalue weighted by Gasteiger charge is -2.37. The van der Waals surface area contributed by atoms with Crippen molar-refractivity contribution in [2.75, 3.05) is 0 Å². The Balaban J connectivity index is 2.46. The van der Waals surface area contributed by atoms with Crippen LogP contribution in [0.1, 0.15) is 45.4 Å². The Morgan fingerprint density at radius 3 is 2.38 bits per heavy atom. The average Bonchev–Trinajstić information content (AvgIpc) is 1.97. The summed E-state index contributed by atoms with van der Waals surface area (Å²) >= 11 is 0. The van der Waals surface area contributed by atoms with E-state index in [0.29, 0.717) is 0 Å². The summed E-state index contributed by atoms with van der Waals surface area (Å²) in [6.07, 6.45) is 12.9. The second-order valence-corrected chi connectivity index (χ2v) is 10.8. The molecule has 0 bridgehead atoms. The Bertz CT molecular complexity index is 257. The van der Waals surface area contributed by atoms with Gasteiger partial charge in [0.1, 0.15) is 0 Å². The van der Waals surface area contributed by atoms with Gasteiger partial charge in [-0.1, -0.05) is 19.3 Å². The van der Waals surface area contributed by atoms with Crippen molar-refractivity contribution in [1.29, 1.82) is 0 Å². The summed E-state index contributed by atoms with van der Waals surface area (Å²) in [6.45, 7) is 8.92. The molecule has 2 heteroatoms. The van der Waals surface area contributed by atoms with Gasteiger partial charge < -0.3 is 4.43 Å². The minimum Gasteiger partial charge on any atom is -0.411 e. The molecule has 0 aliphatic heterocycles. The molecule has 16 heavy (non-hydrogen) atoms. The topological polar surface area (TPSA) is 9.23 Å². The van der Waals surface area contributed by atoms with Crippen molar-refractivity contribution in [3.63, 3.8) is 0 Å². The third kappa shape index (κ3) is 4.72. The molecule has 0 radical (unpaired) electrons. The molecule has 0 aromatic carbocycles. The highest BCUT2D eigenvalue weighted by molar-refractivity contribution is 6.69. The van der Waals surface area contributed by atoms with E-state index in [0.717, 1.165) is 18.8 Å². The predicted octanol–water partition coefficient (Wildman–Crippen LogP) is 4.20. The molecule has 0 N–H and O–H groups in total. The van der Waals surface area contributed by atoms with E-state index in [-0.39, 0.29) is 5.60 Å². The van der Waals surface area contributed by atoms with E-state index in [1.165, 1.54) is 25.7 Å². The van der Waals surface area contributed by atoms with E-state index < -0.39 is 8.32 Å². The molecule has 0 aromatic heterocycles. The van der Waals surface area contributed by atoms with Crippen LogP contribution in [0.25, 0.3) is 0 Å². The highest BCUT2D eigenvalue weighted by Gasteiger charge is 2.32. The van der Waals surface area contributed by atoms with Gasteiger partial charge in [0.2, 0.25) is 0 Å². The molecule has 1 fully saturated rings. The average molecular weight is 238 g/mol. The second kappa shape index (κ2) is 5.38. The maximum atomic E-state index is 6.28. The Hall–Kier alpha value is -0.263. The van der Waals surface area contributed by atoms with E-state index in [9.17, 15) is 0 Å². The summed E-state index contributed by atoms with van der Waals surface area (Å²) in [4.78, 5) is 0. The van der Waals surface area contributed by atoms with E-state index >= 15 is 0 Å². The Morgan fingerprint density at radius 2 is 2.00 bits per heavy atom. The fourth-order valence-electron chi connectivity index (χ4n) is 2.42. The molecule has 92 valence electrons. The molecule has 1 saturated carbocycles. The molecule has 1 aliphatic rings. The van der Waals surface area contributed by atoms with Crippen LogP contribution >= 0.6 is 0 Å². The maximum Gasteiger partial charge on any atom is 0.184 e. The zero-order valence-electron chi connectivity index (χ0n) is 11.3. The molecule has 0 amide bonds.